The van der Waals surface area contributed by atoms with Gasteiger partial charge in [0.1, 0.15) is 24.9 Å². The third kappa shape index (κ3) is 3.99. The molecule has 0 unspecified atom stereocenters. The Kier molecular flexibility index (Phi) is 7.22. The molecule has 0 aromatic rings. The zero-order chi connectivity index (χ0) is 29.7. The van der Waals surface area contributed by atoms with Crippen LogP contribution in [0.15, 0.2) is 11.6 Å². The van der Waals surface area contributed by atoms with Gasteiger partial charge in [-0.15, -0.1) is 0 Å². The molecule has 2 aliphatic heterocycles. The number of cyclic esters (lactones) is 1. The maximum absolute atomic E-state index is 12.4. The van der Waals surface area contributed by atoms with Gasteiger partial charge in [-0.05, 0) is 56.4 Å². The quantitative estimate of drug-likeness (QED) is 0.140. The smallest absolute Gasteiger partial charge is 0.331 e. The molecule has 8 N–H and O–H groups in total. The van der Waals surface area contributed by atoms with E-state index in [1.165, 1.54) is 13.0 Å². The second-order valence-corrected chi connectivity index (χ2v) is 13.8. The van der Waals surface area contributed by atoms with E-state index in [1.807, 2.05) is 6.92 Å². The van der Waals surface area contributed by atoms with Crippen molar-refractivity contribution in [3.8, 4) is 0 Å². The summed E-state index contributed by atoms with van der Waals surface area (Å²) >= 11 is 0. The van der Waals surface area contributed by atoms with E-state index in [-0.39, 0.29) is 38.2 Å². The highest BCUT2D eigenvalue weighted by molar-refractivity contribution is 5.85. The van der Waals surface area contributed by atoms with Gasteiger partial charge in [0.25, 0.3) is 0 Å². The second kappa shape index (κ2) is 9.91. The SMILES string of the molecule is C[C@@H]1O[C@@H](O[C@H]2C[C@@H](O)[C@]3(CO)[C@@H]4[C@@H](O)C[C@]5(C)[C@H](C6=CC(=O)OC6)CC[C@@]5(O)[C@H]4CC[C@@]3(O)C2)[C@H](O)[C@H](O)[C@@H]1O. The fourth-order valence-electron chi connectivity index (χ4n) is 10.1. The Morgan fingerprint density at radius 3 is 2.41 bits per heavy atom. The van der Waals surface area contributed by atoms with Gasteiger partial charge < -0.3 is 55.1 Å². The summed E-state index contributed by atoms with van der Waals surface area (Å²) in [4.78, 5) is 11.8. The molecule has 1 saturated heterocycles. The van der Waals surface area contributed by atoms with Crippen molar-refractivity contribution in [2.75, 3.05) is 13.2 Å². The molecule has 2 heterocycles. The summed E-state index contributed by atoms with van der Waals surface area (Å²) in [7, 11) is 0. The van der Waals surface area contributed by atoms with Crippen molar-refractivity contribution < 1.29 is 59.9 Å². The second-order valence-electron chi connectivity index (χ2n) is 13.8. The zero-order valence-corrected chi connectivity index (χ0v) is 23.5. The average Bonchev–Trinajstić information content (AvgIpc) is 3.45. The number of aliphatic hydroxyl groups excluding tert-OH is 6. The highest BCUT2D eigenvalue weighted by Gasteiger charge is 2.75. The van der Waals surface area contributed by atoms with Crippen LogP contribution in [0.1, 0.15) is 58.8 Å². The van der Waals surface area contributed by atoms with Gasteiger partial charge in [0.05, 0.1) is 47.6 Å². The summed E-state index contributed by atoms with van der Waals surface area (Å²) in [5.41, 5.74) is -4.46. The Balaban J connectivity index is 1.28. The Hall–Kier alpha value is -1.19. The lowest BCUT2D eigenvalue weighted by atomic mass is 9.40. The van der Waals surface area contributed by atoms with Crippen LogP contribution in [0, 0.1) is 28.6 Å². The fourth-order valence-corrected chi connectivity index (χ4v) is 10.1. The van der Waals surface area contributed by atoms with Crippen molar-refractivity contribution >= 4 is 5.97 Å². The van der Waals surface area contributed by atoms with E-state index >= 15 is 0 Å². The third-order valence-electron chi connectivity index (χ3n) is 12.2. The Morgan fingerprint density at radius 2 is 1.76 bits per heavy atom. The fraction of sp³-hybridized carbons (Fsp3) is 0.897. The van der Waals surface area contributed by atoms with Crippen LogP contribution in [-0.4, -0.2) is 120 Å². The first kappa shape index (κ1) is 29.9. The minimum atomic E-state index is -1.67. The number of hydrogen-bond acceptors (Lipinski definition) is 12. The van der Waals surface area contributed by atoms with Gasteiger partial charge in [-0.3, -0.25) is 0 Å². The number of rotatable bonds is 4. The van der Waals surface area contributed by atoms with E-state index in [2.05, 4.69) is 0 Å². The number of ether oxygens (including phenoxy) is 3. The molecule has 0 radical (unpaired) electrons. The summed E-state index contributed by atoms with van der Waals surface area (Å²) < 4.78 is 16.7. The molecule has 5 fully saturated rings. The zero-order valence-electron chi connectivity index (χ0n) is 23.5. The molecule has 0 amide bonds. The highest BCUT2D eigenvalue weighted by atomic mass is 16.7. The van der Waals surface area contributed by atoms with E-state index in [0.29, 0.717) is 19.3 Å². The molecule has 6 rings (SSSR count). The van der Waals surface area contributed by atoms with Crippen molar-refractivity contribution in [2.45, 2.75) is 119 Å². The predicted octanol–water partition coefficient (Wildman–Crippen LogP) is -1.51. The molecule has 4 aliphatic carbocycles. The molecule has 41 heavy (non-hydrogen) atoms. The molecule has 6 aliphatic rings. The van der Waals surface area contributed by atoms with E-state index in [1.54, 1.807) is 0 Å². The summed E-state index contributed by atoms with van der Waals surface area (Å²) in [5, 5.41) is 89.6. The molecule has 4 saturated carbocycles. The van der Waals surface area contributed by atoms with Crippen LogP contribution in [0.2, 0.25) is 0 Å². The van der Waals surface area contributed by atoms with Gasteiger partial charge >= 0.3 is 5.97 Å². The van der Waals surface area contributed by atoms with Crippen LogP contribution in [-0.2, 0) is 19.0 Å². The average molecular weight is 585 g/mol. The summed E-state index contributed by atoms with van der Waals surface area (Å²) in [6.07, 6.45) is -6.68. The van der Waals surface area contributed by atoms with Crippen LogP contribution in [0.4, 0.5) is 0 Å². The minimum absolute atomic E-state index is 0.0369. The molecule has 0 aromatic heterocycles. The number of hydrogen-bond donors (Lipinski definition) is 8. The molecule has 0 spiro atoms. The molecule has 0 bridgehead atoms. The topological polar surface area (TPSA) is 207 Å². The van der Waals surface area contributed by atoms with Crippen molar-refractivity contribution in [2.24, 2.45) is 28.6 Å². The van der Waals surface area contributed by atoms with Gasteiger partial charge in [-0.1, -0.05) is 6.92 Å². The molecule has 0 aromatic carbocycles. The van der Waals surface area contributed by atoms with Crippen LogP contribution >= 0.6 is 0 Å². The lowest BCUT2D eigenvalue weighted by Gasteiger charge is -2.68. The van der Waals surface area contributed by atoms with Gasteiger partial charge in [0, 0.05) is 30.3 Å². The third-order valence-corrected chi connectivity index (χ3v) is 12.2. The Morgan fingerprint density at radius 1 is 1.02 bits per heavy atom. The van der Waals surface area contributed by atoms with Gasteiger partial charge in [0.2, 0.25) is 0 Å². The van der Waals surface area contributed by atoms with Gasteiger partial charge in [0.15, 0.2) is 6.29 Å². The van der Waals surface area contributed by atoms with Gasteiger partial charge in [-0.2, -0.15) is 0 Å². The lowest BCUT2D eigenvalue weighted by molar-refractivity contribution is -0.342. The Bertz CT molecular complexity index is 1080. The number of aliphatic hydroxyl groups is 8. The summed E-state index contributed by atoms with van der Waals surface area (Å²) in [5.74, 6) is -1.93. The van der Waals surface area contributed by atoms with E-state index in [4.69, 9.17) is 14.2 Å². The van der Waals surface area contributed by atoms with Gasteiger partial charge in [-0.25, -0.2) is 4.79 Å². The van der Waals surface area contributed by atoms with Crippen molar-refractivity contribution in [1.82, 2.24) is 0 Å². The first-order chi connectivity index (χ1) is 19.2. The normalized spacial score (nSPS) is 56.9. The Labute approximate surface area is 238 Å². The lowest BCUT2D eigenvalue weighted by Crippen LogP contribution is -2.76. The highest BCUT2D eigenvalue weighted by Crippen LogP contribution is 2.70. The van der Waals surface area contributed by atoms with Crippen LogP contribution in [0.25, 0.3) is 0 Å². The van der Waals surface area contributed by atoms with E-state index in [9.17, 15) is 45.6 Å². The first-order valence-corrected chi connectivity index (χ1v) is 14.9. The van der Waals surface area contributed by atoms with Crippen molar-refractivity contribution in [1.29, 1.82) is 0 Å². The number of carbonyl (C=O) groups excluding carboxylic acids is 1. The number of fused-ring (bicyclic) bond motifs is 5. The monoisotopic (exact) mass is 584 g/mol. The van der Waals surface area contributed by atoms with Crippen LogP contribution in [0.5, 0.6) is 0 Å². The van der Waals surface area contributed by atoms with Crippen molar-refractivity contribution in [3.63, 3.8) is 0 Å². The molecule has 12 heteroatoms. The first-order valence-electron chi connectivity index (χ1n) is 14.9. The molecular weight excluding hydrogens is 540 g/mol. The number of carbonyl (C=O) groups is 1. The van der Waals surface area contributed by atoms with Crippen molar-refractivity contribution in [3.05, 3.63) is 11.6 Å². The van der Waals surface area contributed by atoms with E-state index < -0.39 is 95.5 Å². The maximum Gasteiger partial charge on any atom is 0.331 e. The maximum atomic E-state index is 12.4. The predicted molar refractivity (Wildman–Crippen MR) is 139 cm³/mol. The number of esters is 1. The van der Waals surface area contributed by atoms with Crippen LogP contribution < -0.4 is 0 Å². The summed E-state index contributed by atoms with van der Waals surface area (Å²) in [6, 6.07) is 0. The largest absolute Gasteiger partial charge is 0.458 e. The molecular formula is C29H44O12. The summed E-state index contributed by atoms with van der Waals surface area (Å²) in [6.45, 7) is 3.00. The van der Waals surface area contributed by atoms with E-state index in [0.717, 1.165) is 5.57 Å². The molecule has 232 valence electrons. The van der Waals surface area contributed by atoms with Crippen LogP contribution in [0.3, 0.4) is 0 Å². The minimum Gasteiger partial charge on any atom is -0.458 e. The molecule has 15 atom stereocenters. The standard InChI is InChI=1S/C29H44O12/c1-13-22(34)23(35)24(36)25(40-13)41-15-8-19(32)28(12-30)21-17(3-5-27(28,37)9-15)29(38)6-4-16(14-7-20(33)39-11-14)26(29,2)10-18(21)31/h7,13,15-19,21-25,30-32,34-38H,3-6,8-12H2,1-2H3/t13-,15-,16-,17-,18-,19+,21-,22+,23+,24+,25-,26+,27+,28+,29+/m0/s1. The molecule has 12 nitrogen and oxygen atoms in total.